The van der Waals surface area contributed by atoms with E-state index >= 15 is 0 Å². The van der Waals surface area contributed by atoms with Crippen LogP contribution in [0.25, 0.3) is 0 Å². The van der Waals surface area contributed by atoms with Crippen molar-refractivity contribution in [2.45, 2.75) is 26.3 Å². The first-order valence-electron chi connectivity index (χ1n) is 9.49. The van der Waals surface area contributed by atoms with Gasteiger partial charge >= 0.3 is 5.97 Å². The Kier molecular flexibility index (Phi) is 8.50. The Morgan fingerprint density at radius 2 is 1.72 bits per heavy atom. The van der Waals surface area contributed by atoms with Crippen LogP contribution in [0.15, 0.2) is 23.0 Å². The lowest BCUT2D eigenvalue weighted by Gasteiger charge is -2.17. The molecule has 0 atom stereocenters. The van der Waals surface area contributed by atoms with Gasteiger partial charge in [-0.15, -0.1) is 0 Å². The summed E-state index contributed by atoms with van der Waals surface area (Å²) in [6.07, 6.45) is 1.36. The van der Waals surface area contributed by atoms with Crippen LogP contribution in [0.5, 0.6) is 11.6 Å². The molecule has 0 bridgehead atoms. The number of carboxylic acids is 1. The number of rotatable bonds is 9. The minimum absolute atomic E-state index is 0.155. The van der Waals surface area contributed by atoms with Crippen molar-refractivity contribution in [2.75, 3.05) is 13.1 Å². The molecule has 2 rings (SSSR count). The van der Waals surface area contributed by atoms with Crippen LogP contribution in [0.2, 0.25) is 10.0 Å². The molecule has 0 fully saturated rings. The summed E-state index contributed by atoms with van der Waals surface area (Å²) >= 11 is 12.0. The van der Waals surface area contributed by atoms with E-state index in [0.29, 0.717) is 21.6 Å². The van der Waals surface area contributed by atoms with Crippen molar-refractivity contribution in [3.05, 3.63) is 55.3 Å². The SMILES string of the molecule is CCCCNC(=O)c1c(O)c(C(=O)NCC(=O)O)c(O)n(Cc2ccc(Cl)cc2Cl)c1=O. The summed E-state index contributed by atoms with van der Waals surface area (Å²) < 4.78 is 0.680. The van der Waals surface area contributed by atoms with Gasteiger partial charge in [-0.3, -0.25) is 23.7 Å². The van der Waals surface area contributed by atoms with Crippen LogP contribution in [0.4, 0.5) is 0 Å². The lowest BCUT2D eigenvalue weighted by molar-refractivity contribution is -0.135. The molecule has 0 aliphatic heterocycles. The molecule has 0 spiro atoms. The predicted molar refractivity (Wildman–Crippen MR) is 117 cm³/mol. The van der Waals surface area contributed by atoms with Gasteiger partial charge in [-0.1, -0.05) is 42.6 Å². The number of carboxylic acid groups (broad SMARTS) is 1. The standard InChI is InChI=1S/C20H21Cl2N3O7/c1-2-3-6-23-17(29)14-16(28)15(18(30)24-8-13(26)27)20(32)25(19(14)31)9-10-4-5-11(21)7-12(10)22/h4-5,7,28,32H,2-3,6,8-9H2,1H3,(H,23,29)(H,24,30)(H,26,27). The van der Waals surface area contributed by atoms with Crippen molar-refractivity contribution in [3.63, 3.8) is 0 Å². The Morgan fingerprint density at radius 3 is 2.31 bits per heavy atom. The highest BCUT2D eigenvalue weighted by Crippen LogP contribution is 2.30. The molecule has 5 N–H and O–H groups in total. The Hall–Kier alpha value is -3.24. The van der Waals surface area contributed by atoms with Gasteiger partial charge in [-0.05, 0) is 24.1 Å². The van der Waals surface area contributed by atoms with Crippen molar-refractivity contribution < 1.29 is 29.7 Å². The third-order valence-corrected chi connectivity index (χ3v) is 5.01. The number of aromatic hydroxyl groups is 2. The second-order valence-electron chi connectivity index (χ2n) is 6.74. The molecule has 2 aromatic rings. The summed E-state index contributed by atoms with van der Waals surface area (Å²) in [6.45, 7) is 0.907. The van der Waals surface area contributed by atoms with Crippen LogP contribution < -0.4 is 16.2 Å². The van der Waals surface area contributed by atoms with E-state index in [1.54, 1.807) is 0 Å². The minimum atomic E-state index is -1.38. The van der Waals surface area contributed by atoms with E-state index in [9.17, 15) is 29.4 Å². The molecule has 2 amide bonds. The summed E-state index contributed by atoms with van der Waals surface area (Å²) in [4.78, 5) is 48.8. The molecule has 0 radical (unpaired) electrons. The normalized spacial score (nSPS) is 10.6. The van der Waals surface area contributed by atoms with Gasteiger partial charge in [-0.25, -0.2) is 0 Å². The van der Waals surface area contributed by atoms with Crippen LogP contribution in [0.3, 0.4) is 0 Å². The number of pyridine rings is 1. The number of nitrogens with zero attached hydrogens (tertiary/aromatic N) is 1. The molecule has 0 saturated carbocycles. The minimum Gasteiger partial charge on any atom is -0.506 e. The maximum atomic E-state index is 13.0. The highest BCUT2D eigenvalue weighted by molar-refractivity contribution is 6.35. The molecule has 10 nitrogen and oxygen atoms in total. The first kappa shape index (κ1) is 25.0. The zero-order valence-corrected chi connectivity index (χ0v) is 18.5. The van der Waals surface area contributed by atoms with Gasteiger partial charge < -0.3 is 26.0 Å². The smallest absolute Gasteiger partial charge is 0.322 e. The maximum absolute atomic E-state index is 13.0. The van der Waals surface area contributed by atoms with E-state index in [0.717, 1.165) is 6.42 Å². The molecule has 0 unspecified atom stereocenters. The topological polar surface area (TPSA) is 158 Å². The van der Waals surface area contributed by atoms with Gasteiger partial charge in [0.2, 0.25) is 5.88 Å². The number of aliphatic carboxylic acids is 1. The first-order chi connectivity index (χ1) is 15.1. The van der Waals surface area contributed by atoms with Crippen molar-refractivity contribution >= 4 is 41.0 Å². The quantitative estimate of drug-likeness (QED) is 0.339. The second kappa shape index (κ2) is 10.9. The number of unbranched alkanes of at least 4 members (excludes halogenated alkanes) is 1. The number of aromatic nitrogens is 1. The van der Waals surface area contributed by atoms with E-state index in [1.165, 1.54) is 18.2 Å². The van der Waals surface area contributed by atoms with E-state index in [2.05, 4.69) is 5.32 Å². The zero-order chi connectivity index (χ0) is 24.0. The Bertz CT molecular complexity index is 1120. The van der Waals surface area contributed by atoms with Gasteiger partial charge in [0.25, 0.3) is 17.4 Å². The Morgan fingerprint density at radius 1 is 1.06 bits per heavy atom. The third-order valence-electron chi connectivity index (χ3n) is 4.43. The zero-order valence-electron chi connectivity index (χ0n) is 16.9. The van der Waals surface area contributed by atoms with E-state index in [1.807, 2.05) is 12.2 Å². The molecule has 172 valence electrons. The monoisotopic (exact) mass is 485 g/mol. The largest absolute Gasteiger partial charge is 0.506 e. The Balaban J connectivity index is 2.65. The number of benzene rings is 1. The fourth-order valence-electron chi connectivity index (χ4n) is 2.79. The van der Waals surface area contributed by atoms with Crippen LogP contribution in [-0.2, 0) is 11.3 Å². The third kappa shape index (κ3) is 5.71. The lowest BCUT2D eigenvalue weighted by Crippen LogP contribution is -2.36. The average Bonchev–Trinajstić information content (AvgIpc) is 2.71. The number of hydrogen-bond acceptors (Lipinski definition) is 6. The number of hydrogen-bond donors (Lipinski definition) is 5. The molecular formula is C20H21Cl2N3O7. The first-order valence-corrected chi connectivity index (χ1v) is 10.2. The fourth-order valence-corrected chi connectivity index (χ4v) is 3.26. The molecule has 0 aliphatic rings. The summed E-state index contributed by atoms with van der Waals surface area (Å²) in [6, 6.07) is 4.37. The highest BCUT2D eigenvalue weighted by Gasteiger charge is 2.30. The van der Waals surface area contributed by atoms with Crippen LogP contribution >= 0.6 is 23.2 Å². The van der Waals surface area contributed by atoms with Crippen LogP contribution in [-0.4, -0.2) is 50.8 Å². The van der Waals surface area contributed by atoms with Crippen molar-refractivity contribution in [3.8, 4) is 11.6 Å². The molecule has 0 saturated heterocycles. The summed E-state index contributed by atoms with van der Waals surface area (Å²) in [7, 11) is 0. The average molecular weight is 486 g/mol. The van der Waals surface area contributed by atoms with Crippen molar-refractivity contribution in [2.24, 2.45) is 0 Å². The molecule has 1 aromatic carbocycles. The van der Waals surface area contributed by atoms with Crippen LogP contribution in [0.1, 0.15) is 46.0 Å². The predicted octanol–water partition coefficient (Wildman–Crippen LogP) is 1.96. The Labute approximate surface area is 192 Å². The highest BCUT2D eigenvalue weighted by atomic mass is 35.5. The number of amides is 2. The van der Waals surface area contributed by atoms with Crippen molar-refractivity contribution in [1.82, 2.24) is 15.2 Å². The molecule has 1 aromatic heterocycles. The van der Waals surface area contributed by atoms with Gasteiger partial charge in [-0.2, -0.15) is 0 Å². The van der Waals surface area contributed by atoms with Crippen molar-refractivity contribution in [1.29, 1.82) is 0 Å². The molecular weight excluding hydrogens is 465 g/mol. The number of nitrogens with one attached hydrogen (secondary N) is 2. The molecule has 1 heterocycles. The lowest BCUT2D eigenvalue weighted by atomic mass is 10.1. The summed E-state index contributed by atoms with van der Waals surface area (Å²) in [5.41, 5.74) is -2.34. The molecule has 0 aliphatic carbocycles. The van der Waals surface area contributed by atoms with Gasteiger partial charge in [0.1, 0.15) is 17.7 Å². The summed E-state index contributed by atoms with van der Waals surface area (Å²) in [5, 5.41) is 34.8. The summed E-state index contributed by atoms with van der Waals surface area (Å²) in [5.74, 6) is -5.56. The second-order valence-corrected chi connectivity index (χ2v) is 7.58. The number of carbonyl (C=O) groups excluding carboxylic acids is 2. The number of carbonyl (C=O) groups is 3. The van der Waals surface area contributed by atoms with Gasteiger partial charge in [0, 0.05) is 16.6 Å². The molecule has 32 heavy (non-hydrogen) atoms. The number of halogens is 2. The fraction of sp³-hybridized carbons (Fsp3) is 0.300. The van der Waals surface area contributed by atoms with E-state index in [-0.39, 0.29) is 18.1 Å². The van der Waals surface area contributed by atoms with E-state index < -0.39 is 52.6 Å². The molecule has 12 heteroatoms. The van der Waals surface area contributed by atoms with Gasteiger partial charge in [0.05, 0.1) is 6.54 Å². The van der Waals surface area contributed by atoms with Crippen LogP contribution in [0, 0.1) is 0 Å². The van der Waals surface area contributed by atoms with E-state index in [4.69, 9.17) is 28.3 Å². The van der Waals surface area contributed by atoms with Gasteiger partial charge in [0.15, 0.2) is 5.75 Å². The maximum Gasteiger partial charge on any atom is 0.322 e.